The van der Waals surface area contributed by atoms with E-state index in [0.717, 1.165) is 0 Å². The summed E-state index contributed by atoms with van der Waals surface area (Å²) in [5, 5.41) is 13.2. The fraction of sp³-hybridized carbons (Fsp3) is 1.00. The summed E-state index contributed by atoms with van der Waals surface area (Å²) in [5.41, 5.74) is -0.791. The van der Waals surface area contributed by atoms with Crippen molar-refractivity contribution in [2.24, 2.45) is 5.92 Å². The molecule has 2 nitrogen and oxygen atoms in total. The van der Waals surface area contributed by atoms with Gasteiger partial charge in [-0.3, -0.25) is 0 Å². The second-order valence-electron chi connectivity index (χ2n) is 5.40. The number of alkyl halides is 3. The van der Waals surface area contributed by atoms with Crippen LogP contribution in [0.15, 0.2) is 0 Å². The van der Waals surface area contributed by atoms with Gasteiger partial charge in [-0.25, -0.2) is 0 Å². The molecule has 0 aromatic carbocycles. The topological polar surface area (TPSA) is 32.3 Å². The fourth-order valence-electron chi connectivity index (χ4n) is 2.35. The first kappa shape index (κ1) is 16.1. The van der Waals surface area contributed by atoms with Crippen LogP contribution >= 0.6 is 11.8 Å². The molecule has 0 aromatic heterocycles. The van der Waals surface area contributed by atoms with Crippen molar-refractivity contribution in [1.82, 2.24) is 5.32 Å². The van der Waals surface area contributed by atoms with Crippen molar-refractivity contribution in [3.63, 3.8) is 0 Å². The molecule has 1 rings (SSSR count). The molecule has 0 amide bonds. The van der Waals surface area contributed by atoms with Crippen LogP contribution in [0.2, 0.25) is 0 Å². The molecule has 1 saturated carbocycles. The Bertz CT molecular complexity index is 250. The number of thioether (sulfide) groups is 1. The van der Waals surface area contributed by atoms with Gasteiger partial charge in [-0.05, 0) is 38.9 Å². The van der Waals surface area contributed by atoms with Crippen LogP contribution in [0, 0.1) is 5.92 Å². The van der Waals surface area contributed by atoms with Crippen molar-refractivity contribution in [3.05, 3.63) is 0 Å². The third kappa shape index (κ3) is 5.36. The maximum absolute atomic E-state index is 12.5. The third-order valence-corrected chi connectivity index (χ3v) is 4.33. The van der Waals surface area contributed by atoms with E-state index >= 15 is 0 Å². The summed E-state index contributed by atoms with van der Waals surface area (Å²) in [6.07, 6.45) is -0.644. The highest BCUT2D eigenvalue weighted by Gasteiger charge is 2.41. The lowest BCUT2D eigenvalue weighted by molar-refractivity contribution is -0.182. The molecule has 0 bridgehead atoms. The molecular weight excluding hydrogens is 263 g/mol. The molecule has 6 heteroatoms. The molecule has 1 aliphatic rings. The van der Waals surface area contributed by atoms with Crippen LogP contribution < -0.4 is 5.32 Å². The van der Waals surface area contributed by atoms with Gasteiger partial charge < -0.3 is 10.4 Å². The first-order chi connectivity index (χ1) is 8.24. The molecule has 18 heavy (non-hydrogen) atoms. The zero-order chi connectivity index (χ0) is 13.8. The average Bonchev–Trinajstić information content (AvgIpc) is 2.26. The van der Waals surface area contributed by atoms with E-state index in [1.807, 2.05) is 6.26 Å². The summed E-state index contributed by atoms with van der Waals surface area (Å²) in [6.45, 7) is 2.19. The Morgan fingerprint density at radius 3 is 2.22 bits per heavy atom. The molecule has 0 aliphatic heterocycles. The Morgan fingerprint density at radius 2 is 1.78 bits per heavy atom. The van der Waals surface area contributed by atoms with Gasteiger partial charge in [0.1, 0.15) is 0 Å². The summed E-state index contributed by atoms with van der Waals surface area (Å²) in [7, 11) is 0. The van der Waals surface area contributed by atoms with Crippen molar-refractivity contribution in [2.75, 3.05) is 18.6 Å². The van der Waals surface area contributed by atoms with E-state index in [2.05, 4.69) is 5.32 Å². The van der Waals surface area contributed by atoms with Crippen molar-refractivity contribution in [1.29, 1.82) is 0 Å². The minimum Gasteiger partial charge on any atom is -0.388 e. The average molecular weight is 285 g/mol. The molecule has 1 unspecified atom stereocenters. The predicted molar refractivity (Wildman–Crippen MR) is 68.8 cm³/mol. The van der Waals surface area contributed by atoms with Gasteiger partial charge in [0.2, 0.25) is 0 Å². The fourth-order valence-corrected chi connectivity index (χ4v) is 3.08. The smallest absolute Gasteiger partial charge is 0.388 e. The van der Waals surface area contributed by atoms with Crippen molar-refractivity contribution in [2.45, 2.75) is 50.4 Å². The third-order valence-electron chi connectivity index (χ3n) is 3.42. The number of aliphatic hydroxyl groups is 1. The van der Waals surface area contributed by atoms with Crippen LogP contribution in [0.3, 0.4) is 0 Å². The van der Waals surface area contributed by atoms with E-state index < -0.39 is 17.7 Å². The van der Waals surface area contributed by atoms with Gasteiger partial charge in [-0.15, -0.1) is 0 Å². The largest absolute Gasteiger partial charge is 0.391 e. The van der Waals surface area contributed by atoms with E-state index in [1.54, 1.807) is 18.7 Å². The molecule has 1 fully saturated rings. The standard InChI is InChI=1S/C12H22F3NOS/c1-11(17,8-18-2)7-16-10-5-3-9(4-6-10)12(13,14)15/h9-10,16-17H,3-8H2,1-2H3. The van der Waals surface area contributed by atoms with Gasteiger partial charge in [-0.1, -0.05) is 0 Å². The van der Waals surface area contributed by atoms with Gasteiger partial charge in [0.05, 0.1) is 11.5 Å². The van der Waals surface area contributed by atoms with Gasteiger partial charge in [0, 0.05) is 18.3 Å². The minimum atomic E-state index is -4.05. The normalized spacial score (nSPS) is 29.0. The lowest BCUT2D eigenvalue weighted by Gasteiger charge is -2.32. The lowest BCUT2D eigenvalue weighted by Crippen LogP contribution is -2.46. The maximum Gasteiger partial charge on any atom is 0.391 e. The molecule has 0 heterocycles. The quantitative estimate of drug-likeness (QED) is 0.814. The van der Waals surface area contributed by atoms with Crippen LogP contribution in [0.1, 0.15) is 32.6 Å². The van der Waals surface area contributed by atoms with Crippen molar-refractivity contribution in [3.8, 4) is 0 Å². The van der Waals surface area contributed by atoms with Gasteiger partial charge in [0.15, 0.2) is 0 Å². The molecule has 2 N–H and O–H groups in total. The molecule has 0 saturated heterocycles. The summed E-state index contributed by atoms with van der Waals surface area (Å²) in [4.78, 5) is 0. The van der Waals surface area contributed by atoms with Crippen LogP contribution in [0.5, 0.6) is 0 Å². The number of nitrogens with one attached hydrogen (secondary N) is 1. The predicted octanol–water partition coefficient (Wildman–Crippen LogP) is 2.81. The molecule has 0 radical (unpaired) electrons. The van der Waals surface area contributed by atoms with Gasteiger partial charge >= 0.3 is 6.18 Å². The van der Waals surface area contributed by atoms with Crippen LogP contribution in [0.25, 0.3) is 0 Å². The first-order valence-corrected chi connectivity index (χ1v) is 7.65. The van der Waals surface area contributed by atoms with E-state index in [4.69, 9.17) is 0 Å². The van der Waals surface area contributed by atoms with Gasteiger partial charge in [-0.2, -0.15) is 24.9 Å². The highest BCUT2D eigenvalue weighted by molar-refractivity contribution is 7.98. The van der Waals surface area contributed by atoms with E-state index in [9.17, 15) is 18.3 Å². The second-order valence-corrected chi connectivity index (χ2v) is 6.27. The monoisotopic (exact) mass is 285 g/mol. The minimum absolute atomic E-state index is 0.108. The van der Waals surface area contributed by atoms with E-state index in [-0.39, 0.29) is 18.9 Å². The molecule has 0 spiro atoms. The summed E-state index contributed by atoms with van der Waals surface area (Å²) in [5.74, 6) is -0.514. The zero-order valence-corrected chi connectivity index (χ0v) is 11.7. The molecule has 108 valence electrons. The number of halogens is 3. The zero-order valence-electron chi connectivity index (χ0n) is 10.9. The number of hydrogen-bond acceptors (Lipinski definition) is 3. The van der Waals surface area contributed by atoms with E-state index in [1.165, 1.54) is 0 Å². The molecule has 1 aliphatic carbocycles. The Kier molecular flexibility index (Phi) is 5.80. The number of rotatable bonds is 5. The molecule has 0 aromatic rings. The Hall–Kier alpha value is 0.0600. The SMILES string of the molecule is CSCC(C)(O)CNC1CCC(C(F)(F)F)CC1. The molecular formula is C12H22F3NOS. The summed E-state index contributed by atoms with van der Waals surface area (Å²) >= 11 is 1.56. The maximum atomic E-state index is 12.5. The second kappa shape index (κ2) is 6.48. The Labute approximate surface area is 111 Å². The highest BCUT2D eigenvalue weighted by Crippen LogP contribution is 2.37. The van der Waals surface area contributed by atoms with Crippen LogP contribution in [-0.2, 0) is 0 Å². The van der Waals surface area contributed by atoms with Crippen LogP contribution in [-0.4, -0.2) is 41.5 Å². The Morgan fingerprint density at radius 1 is 1.22 bits per heavy atom. The first-order valence-electron chi connectivity index (χ1n) is 6.26. The Balaban J connectivity index is 2.28. The highest BCUT2D eigenvalue weighted by atomic mass is 32.2. The van der Waals surface area contributed by atoms with Crippen molar-refractivity contribution >= 4 is 11.8 Å². The van der Waals surface area contributed by atoms with E-state index in [0.29, 0.717) is 25.1 Å². The molecule has 1 atom stereocenters. The van der Waals surface area contributed by atoms with Gasteiger partial charge in [0.25, 0.3) is 0 Å². The summed E-state index contributed by atoms with van der Waals surface area (Å²) < 4.78 is 37.4. The lowest BCUT2D eigenvalue weighted by atomic mass is 9.85. The summed E-state index contributed by atoms with van der Waals surface area (Å²) in [6, 6.07) is 0.108. The van der Waals surface area contributed by atoms with Crippen LogP contribution in [0.4, 0.5) is 13.2 Å². The number of hydrogen-bond donors (Lipinski definition) is 2. The van der Waals surface area contributed by atoms with Crippen molar-refractivity contribution < 1.29 is 18.3 Å².